The third-order valence-corrected chi connectivity index (χ3v) is 6.12. The molecule has 1 aliphatic heterocycles. The minimum Gasteiger partial charge on any atom is -0.341 e. The van der Waals surface area contributed by atoms with Crippen LogP contribution in [0.3, 0.4) is 0 Å². The average molecular weight is 394 g/mol. The molecular weight excluding hydrogens is 370 g/mol. The number of hydrogen-bond donors (Lipinski definition) is 1. The van der Waals surface area contributed by atoms with E-state index in [0.717, 1.165) is 46.7 Å². The fourth-order valence-electron chi connectivity index (χ4n) is 3.42. The molecular formula is C21H23N5OS. The molecule has 0 saturated carbocycles. The number of aryl methyl sites for hydroxylation is 3. The van der Waals surface area contributed by atoms with Gasteiger partial charge in [-0.25, -0.2) is 15.0 Å². The number of nitrogens with zero attached hydrogens (tertiary/aromatic N) is 4. The summed E-state index contributed by atoms with van der Waals surface area (Å²) in [6.07, 6.45) is 2.35. The maximum absolute atomic E-state index is 12.9. The molecule has 1 N–H and O–H groups in total. The van der Waals surface area contributed by atoms with E-state index in [1.54, 1.807) is 0 Å². The second-order valence-electron chi connectivity index (χ2n) is 7.02. The Labute approximate surface area is 168 Å². The zero-order valence-corrected chi connectivity index (χ0v) is 17.1. The smallest absolute Gasteiger partial charge is 0.267 e. The summed E-state index contributed by atoms with van der Waals surface area (Å²) in [7, 11) is 0. The lowest BCUT2D eigenvalue weighted by Gasteiger charge is -2.18. The van der Waals surface area contributed by atoms with Gasteiger partial charge in [0.1, 0.15) is 9.88 Å². The van der Waals surface area contributed by atoms with Crippen LogP contribution in [0.25, 0.3) is 10.6 Å². The zero-order valence-electron chi connectivity index (χ0n) is 16.3. The summed E-state index contributed by atoms with van der Waals surface area (Å²) >= 11 is 1.40. The quantitative estimate of drug-likeness (QED) is 0.712. The summed E-state index contributed by atoms with van der Waals surface area (Å²) in [5.41, 5.74) is 4.00. The SMILES string of the molecule is Cc1nc(-c2ccccc2)sc1C(=O)Nc1c(C)nc(N2CCCC2)nc1C. The Kier molecular flexibility index (Phi) is 5.09. The van der Waals surface area contributed by atoms with E-state index >= 15 is 0 Å². The van der Waals surface area contributed by atoms with E-state index in [4.69, 9.17) is 0 Å². The number of benzene rings is 1. The van der Waals surface area contributed by atoms with Gasteiger partial charge in [-0.1, -0.05) is 30.3 Å². The standard InChI is InChI=1S/C21H23N5OS/c1-13-17(14(2)24-21(23-13)26-11-7-8-12-26)25-19(27)18-15(3)22-20(28-18)16-9-5-4-6-10-16/h4-6,9-10H,7-8,11-12H2,1-3H3,(H,25,27). The third kappa shape index (κ3) is 3.62. The number of aromatic nitrogens is 3. The van der Waals surface area contributed by atoms with Gasteiger partial charge in [0.05, 0.1) is 22.8 Å². The Bertz CT molecular complexity index is 986. The lowest BCUT2D eigenvalue weighted by Crippen LogP contribution is -2.22. The summed E-state index contributed by atoms with van der Waals surface area (Å²) in [6.45, 7) is 7.68. The van der Waals surface area contributed by atoms with Gasteiger partial charge in [0.15, 0.2) is 0 Å². The van der Waals surface area contributed by atoms with E-state index in [9.17, 15) is 4.79 Å². The molecule has 144 valence electrons. The lowest BCUT2D eigenvalue weighted by atomic mass is 10.2. The van der Waals surface area contributed by atoms with Crippen LogP contribution in [-0.4, -0.2) is 33.9 Å². The first-order valence-corrected chi connectivity index (χ1v) is 10.3. The largest absolute Gasteiger partial charge is 0.341 e. The molecule has 3 aromatic rings. The van der Waals surface area contributed by atoms with Crippen LogP contribution >= 0.6 is 11.3 Å². The first-order chi connectivity index (χ1) is 13.5. The van der Waals surface area contributed by atoms with Gasteiger partial charge < -0.3 is 10.2 Å². The molecule has 28 heavy (non-hydrogen) atoms. The van der Waals surface area contributed by atoms with Gasteiger partial charge in [0.2, 0.25) is 5.95 Å². The Morgan fingerprint density at radius 1 is 0.964 bits per heavy atom. The second kappa shape index (κ2) is 7.67. The molecule has 3 heterocycles. The maximum atomic E-state index is 12.9. The van der Waals surface area contributed by atoms with E-state index in [-0.39, 0.29) is 5.91 Å². The zero-order chi connectivity index (χ0) is 19.7. The van der Waals surface area contributed by atoms with E-state index in [0.29, 0.717) is 10.6 Å². The topological polar surface area (TPSA) is 71.0 Å². The van der Waals surface area contributed by atoms with Gasteiger partial charge in [-0.15, -0.1) is 11.3 Å². The predicted molar refractivity (Wildman–Crippen MR) is 113 cm³/mol. The number of rotatable bonds is 4. The van der Waals surface area contributed by atoms with Crippen molar-refractivity contribution < 1.29 is 4.79 Å². The molecule has 7 heteroatoms. The van der Waals surface area contributed by atoms with E-state index in [1.807, 2.05) is 51.1 Å². The van der Waals surface area contributed by atoms with Crippen LogP contribution in [0.4, 0.5) is 11.6 Å². The normalized spacial score (nSPS) is 13.8. The second-order valence-corrected chi connectivity index (χ2v) is 8.02. The number of carbonyl (C=O) groups excluding carboxylic acids is 1. The van der Waals surface area contributed by atoms with Crippen molar-refractivity contribution in [3.8, 4) is 10.6 Å². The fraction of sp³-hybridized carbons (Fsp3) is 0.333. The minimum absolute atomic E-state index is 0.166. The minimum atomic E-state index is -0.166. The fourth-order valence-corrected chi connectivity index (χ4v) is 4.39. The van der Waals surface area contributed by atoms with Gasteiger partial charge >= 0.3 is 0 Å². The Morgan fingerprint density at radius 3 is 2.25 bits per heavy atom. The van der Waals surface area contributed by atoms with Crippen molar-refractivity contribution in [2.45, 2.75) is 33.6 Å². The monoisotopic (exact) mass is 393 g/mol. The number of carbonyl (C=O) groups is 1. The molecule has 1 aliphatic rings. The van der Waals surface area contributed by atoms with Crippen LogP contribution in [0, 0.1) is 20.8 Å². The van der Waals surface area contributed by atoms with Crippen LogP contribution in [0.15, 0.2) is 30.3 Å². The van der Waals surface area contributed by atoms with Gasteiger partial charge in [-0.05, 0) is 33.6 Å². The molecule has 1 fully saturated rings. The molecule has 1 aromatic carbocycles. The van der Waals surface area contributed by atoms with Crippen molar-refractivity contribution in [2.24, 2.45) is 0 Å². The van der Waals surface area contributed by atoms with Crippen molar-refractivity contribution in [1.82, 2.24) is 15.0 Å². The highest BCUT2D eigenvalue weighted by atomic mass is 32.1. The molecule has 0 aliphatic carbocycles. The summed E-state index contributed by atoms with van der Waals surface area (Å²) in [4.78, 5) is 29.6. The number of nitrogens with one attached hydrogen (secondary N) is 1. The van der Waals surface area contributed by atoms with Crippen LogP contribution in [0.2, 0.25) is 0 Å². The summed E-state index contributed by atoms with van der Waals surface area (Å²) in [5.74, 6) is 0.590. The van der Waals surface area contributed by atoms with E-state index < -0.39 is 0 Å². The van der Waals surface area contributed by atoms with Crippen LogP contribution in [0.1, 0.15) is 39.6 Å². The number of thiazole rings is 1. The average Bonchev–Trinajstić information content (AvgIpc) is 3.35. The van der Waals surface area contributed by atoms with Crippen molar-refractivity contribution >= 4 is 28.9 Å². The van der Waals surface area contributed by atoms with Gasteiger partial charge in [0, 0.05) is 18.7 Å². The first kappa shape index (κ1) is 18.6. The number of amides is 1. The van der Waals surface area contributed by atoms with Gasteiger partial charge in [-0.2, -0.15) is 0 Å². The van der Waals surface area contributed by atoms with E-state index in [1.165, 1.54) is 24.2 Å². The van der Waals surface area contributed by atoms with Crippen molar-refractivity contribution in [3.05, 3.63) is 52.3 Å². The molecule has 4 rings (SSSR count). The third-order valence-electron chi connectivity index (χ3n) is 4.91. The van der Waals surface area contributed by atoms with Crippen molar-refractivity contribution in [1.29, 1.82) is 0 Å². The Balaban J connectivity index is 1.58. The summed E-state index contributed by atoms with van der Waals surface area (Å²) < 4.78 is 0. The number of hydrogen-bond acceptors (Lipinski definition) is 6. The van der Waals surface area contributed by atoms with Crippen molar-refractivity contribution in [2.75, 3.05) is 23.3 Å². The highest BCUT2D eigenvalue weighted by Gasteiger charge is 2.21. The molecule has 1 amide bonds. The molecule has 0 atom stereocenters. The Hall–Kier alpha value is -2.80. The molecule has 6 nitrogen and oxygen atoms in total. The highest BCUT2D eigenvalue weighted by Crippen LogP contribution is 2.29. The van der Waals surface area contributed by atoms with Crippen LogP contribution in [0.5, 0.6) is 0 Å². The first-order valence-electron chi connectivity index (χ1n) is 9.47. The molecule has 0 bridgehead atoms. The summed E-state index contributed by atoms with van der Waals surface area (Å²) in [5, 5.41) is 3.85. The molecule has 0 unspecified atom stereocenters. The molecule has 0 spiro atoms. The highest BCUT2D eigenvalue weighted by molar-refractivity contribution is 7.17. The Morgan fingerprint density at radius 2 is 1.61 bits per heavy atom. The van der Waals surface area contributed by atoms with Crippen LogP contribution < -0.4 is 10.2 Å². The van der Waals surface area contributed by atoms with Crippen LogP contribution in [-0.2, 0) is 0 Å². The predicted octanol–water partition coefficient (Wildman–Crippen LogP) is 4.38. The van der Waals surface area contributed by atoms with Crippen molar-refractivity contribution in [3.63, 3.8) is 0 Å². The van der Waals surface area contributed by atoms with Gasteiger partial charge in [0.25, 0.3) is 5.91 Å². The maximum Gasteiger partial charge on any atom is 0.267 e. The molecule has 0 radical (unpaired) electrons. The summed E-state index contributed by atoms with van der Waals surface area (Å²) in [6, 6.07) is 9.91. The van der Waals surface area contributed by atoms with Gasteiger partial charge in [-0.3, -0.25) is 4.79 Å². The molecule has 2 aromatic heterocycles. The molecule has 1 saturated heterocycles. The number of anilines is 2. The lowest BCUT2D eigenvalue weighted by molar-refractivity contribution is 0.102. The van der Waals surface area contributed by atoms with E-state index in [2.05, 4.69) is 25.2 Å².